The molecule has 0 radical (unpaired) electrons. The highest BCUT2D eigenvalue weighted by molar-refractivity contribution is 6.05. The van der Waals surface area contributed by atoms with Crippen molar-refractivity contribution in [3.05, 3.63) is 77.9 Å². The molecule has 5 heteroatoms. The third kappa shape index (κ3) is 5.92. The molecule has 33 heavy (non-hydrogen) atoms. The first kappa shape index (κ1) is 24.3. The van der Waals surface area contributed by atoms with Crippen LogP contribution in [-0.4, -0.2) is 29.1 Å². The Hall–Kier alpha value is -3.34. The van der Waals surface area contributed by atoms with E-state index in [0.29, 0.717) is 30.8 Å². The lowest BCUT2D eigenvalue weighted by Crippen LogP contribution is -2.54. The zero-order valence-electron chi connectivity index (χ0n) is 19.5. The quantitative estimate of drug-likeness (QED) is 0.334. The van der Waals surface area contributed by atoms with E-state index in [1.807, 2.05) is 55.5 Å². The number of unbranched alkanes of at least 4 members (excludes halogenated alkanes) is 1. The van der Waals surface area contributed by atoms with Crippen LogP contribution in [0.25, 0.3) is 10.8 Å². The zero-order valence-corrected chi connectivity index (χ0v) is 19.5. The fourth-order valence-corrected chi connectivity index (χ4v) is 4.08. The van der Waals surface area contributed by atoms with Gasteiger partial charge in [0.1, 0.15) is 11.3 Å². The van der Waals surface area contributed by atoms with Gasteiger partial charge in [0.25, 0.3) is 5.91 Å². The van der Waals surface area contributed by atoms with Crippen LogP contribution in [-0.2, 0) is 11.2 Å². The number of carboxylic acid groups (broad SMARTS) is 1. The average molecular weight is 448 g/mol. The Morgan fingerprint density at radius 1 is 0.939 bits per heavy atom. The van der Waals surface area contributed by atoms with Gasteiger partial charge in [0, 0.05) is 5.39 Å². The molecular weight excluding hydrogens is 414 g/mol. The first-order chi connectivity index (χ1) is 16.0. The van der Waals surface area contributed by atoms with Crippen molar-refractivity contribution in [3.8, 4) is 5.75 Å². The Morgan fingerprint density at radius 2 is 1.67 bits per heavy atom. The minimum absolute atomic E-state index is 0.314. The van der Waals surface area contributed by atoms with E-state index in [4.69, 9.17) is 4.74 Å². The summed E-state index contributed by atoms with van der Waals surface area (Å²) in [6, 6.07) is 21.6. The molecule has 0 bridgehead atoms. The molecule has 0 aliphatic rings. The van der Waals surface area contributed by atoms with Crippen molar-refractivity contribution in [1.29, 1.82) is 0 Å². The van der Waals surface area contributed by atoms with Gasteiger partial charge >= 0.3 is 5.97 Å². The molecule has 2 N–H and O–H groups in total. The monoisotopic (exact) mass is 447 g/mol. The molecule has 0 aliphatic carbocycles. The van der Waals surface area contributed by atoms with Gasteiger partial charge in [-0.3, -0.25) is 4.79 Å². The van der Waals surface area contributed by atoms with E-state index < -0.39 is 17.4 Å². The molecule has 0 saturated carbocycles. The number of hydrogen-bond donors (Lipinski definition) is 2. The van der Waals surface area contributed by atoms with Gasteiger partial charge in [-0.25, -0.2) is 4.79 Å². The Labute approximate surface area is 195 Å². The number of nitrogens with one attached hydrogen (secondary N) is 1. The Kier molecular flexibility index (Phi) is 8.47. The molecule has 0 saturated heterocycles. The summed E-state index contributed by atoms with van der Waals surface area (Å²) >= 11 is 0. The van der Waals surface area contributed by atoms with E-state index >= 15 is 0 Å². The summed E-state index contributed by atoms with van der Waals surface area (Å²) in [4.78, 5) is 25.5. The molecular formula is C28H33NO4. The summed E-state index contributed by atoms with van der Waals surface area (Å²) in [6.07, 6.45) is 3.97. The molecule has 0 aliphatic heterocycles. The van der Waals surface area contributed by atoms with Crippen LogP contribution in [0, 0.1) is 0 Å². The maximum Gasteiger partial charge on any atom is 0.329 e. The second-order valence-corrected chi connectivity index (χ2v) is 8.40. The number of rotatable bonds is 12. The van der Waals surface area contributed by atoms with Crippen LogP contribution >= 0.6 is 0 Å². The third-order valence-corrected chi connectivity index (χ3v) is 6.15. The second-order valence-electron chi connectivity index (χ2n) is 8.40. The van der Waals surface area contributed by atoms with Crippen molar-refractivity contribution >= 4 is 22.6 Å². The van der Waals surface area contributed by atoms with Crippen LogP contribution < -0.4 is 10.1 Å². The lowest BCUT2D eigenvalue weighted by molar-refractivity contribution is -0.145. The summed E-state index contributed by atoms with van der Waals surface area (Å²) in [7, 11) is 0. The van der Waals surface area contributed by atoms with E-state index in [1.165, 1.54) is 5.56 Å². The number of fused-ring (bicyclic) bond motifs is 1. The summed E-state index contributed by atoms with van der Waals surface area (Å²) in [6.45, 7) is 4.26. The molecule has 3 aromatic rings. The zero-order chi connectivity index (χ0) is 23.7. The first-order valence-corrected chi connectivity index (χ1v) is 11.7. The Balaban J connectivity index is 1.85. The second kappa shape index (κ2) is 11.5. The fourth-order valence-electron chi connectivity index (χ4n) is 4.08. The van der Waals surface area contributed by atoms with Crippen LogP contribution in [0.3, 0.4) is 0 Å². The van der Waals surface area contributed by atoms with Gasteiger partial charge in [-0.15, -0.1) is 0 Å². The van der Waals surface area contributed by atoms with Crippen LogP contribution in [0.15, 0.2) is 66.7 Å². The molecule has 1 amide bonds. The molecule has 0 spiro atoms. The van der Waals surface area contributed by atoms with Gasteiger partial charge in [-0.05, 0) is 42.7 Å². The van der Waals surface area contributed by atoms with Gasteiger partial charge in [0.2, 0.25) is 0 Å². The minimum Gasteiger partial charge on any atom is -0.492 e. The molecule has 1 atom stereocenters. The van der Waals surface area contributed by atoms with Gasteiger partial charge < -0.3 is 15.2 Å². The number of amides is 1. The summed E-state index contributed by atoms with van der Waals surface area (Å²) in [5.41, 5.74) is 0.314. The van der Waals surface area contributed by atoms with Crippen molar-refractivity contribution < 1.29 is 19.4 Å². The Morgan fingerprint density at radius 3 is 2.36 bits per heavy atom. The summed E-state index contributed by atoms with van der Waals surface area (Å²) in [5, 5.41) is 14.6. The lowest BCUT2D eigenvalue weighted by atomic mass is 9.89. The predicted molar refractivity (Wildman–Crippen MR) is 132 cm³/mol. The smallest absolute Gasteiger partial charge is 0.329 e. The first-order valence-electron chi connectivity index (χ1n) is 11.7. The SMILES string of the molecule is CCCCC(CC)(NC(=O)c1ccc2ccccc2c1OCCCc1ccccc1)C(=O)O. The molecule has 0 aromatic heterocycles. The topological polar surface area (TPSA) is 75.6 Å². The number of benzene rings is 3. The van der Waals surface area contributed by atoms with Crippen LogP contribution in [0.1, 0.15) is 61.9 Å². The average Bonchev–Trinajstić information content (AvgIpc) is 2.84. The number of carbonyl (C=O) groups is 2. The maximum atomic E-state index is 13.4. The Bertz CT molecular complexity index is 1080. The highest BCUT2D eigenvalue weighted by Crippen LogP contribution is 2.31. The lowest BCUT2D eigenvalue weighted by Gasteiger charge is -2.30. The molecule has 3 rings (SSSR count). The standard InChI is InChI=1S/C28H33NO4/c1-3-5-19-28(4-2,27(31)32)29-26(30)24-18-17-22-15-9-10-16-23(22)25(24)33-20-11-14-21-12-7-6-8-13-21/h6-10,12-13,15-18H,3-5,11,14,19-20H2,1-2H3,(H,29,30)(H,31,32). The summed E-state index contributed by atoms with van der Waals surface area (Å²) in [5.74, 6) is -0.915. The van der Waals surface area contributed by atoms with E-state index in [1.54, 1.807) is 13.0 Å². The third-order valence-electron chi connectivity index (χ3n) is 6.15. The molecule has 0 heterocycles. The number of aryl methyl sites for hydroxylation is 1. The summed E-state index contributed by atoms with van der Waals surface area (Å²) < 4.78 is 6.17. The maximum absolute atomic E-state index is 13.4. The van der Waals surface area contributed by atoms with E-state index in [-0.39, 0.29) is 0 Å². The fraction of sp³-hybridized carbons (Fsp3) is 0.357. The van der Waals surface area contributed by atoms with Gasteiger partial charge in [0.15, 0.2) is 0 Å². The highest BCUT2D eigenvalue weighted by atomic mass is 16.5. The van der Waals surface area contributed by atoms with Crippen LogP contribution in [0.4, 0.5) is 0 Å². The molecule has 1 unspecified atom stereocenters. The van der Waals surface area contributed by atoms with Gasteiger partial charge in [-0.2, -0.15) is 0 Å². The number of aliphatic carboxylic acids is 1. The molecule has 3 aromatic carbocycles. The molecule has 174 valence electrons. The van der Waals surface area contributed by atoms with E-state index in [2.05, 4.69) is 17.4 Å². The van der Waals surface area contributed by atoms with Crippen molar-refractivity contribution in [3.63, 3.8) is 0 Å². The van der Waals surface area contributed by atoms with Crippen molar-refractivity contribution in [2.24, 2.45) is 0 Å². The highest BCUT2D eigenvalue weighted by Gasteiger charge is 2.38. The van der Waals surface area contributed by atoms with Crippen molar-refractivity contribution in [2.45, 2.75) is 57.9 Å². The molecule has 0 fully saturated rings. The predicted octanol–water partition coefficient (Wildman–Crippen LogP) is 6.00. The normalized spacial score (nSPS) is 12.8. The van der Waals surface area contributed by atoms with Crippen LogP contribution in [0.5, 0.6) is 5.75 Å². The minimum atomic E-state index is -1.29. The van der Waals surface area contributed by atoms with E-state index in [0.717, 1.165) is 36.5 Å². The number of hydrogen-bond acceptors (Lipinski definition) is 3. The van der Waals surface area contributed by atoms with Crippen molar-refractivity contribution in [1.82, 2.24) is 5.32 Å². The van der Waals surface area contributed by atoms with Gasteiger partial charge in [0.05, 0.1) is 12.2 Å². The van der Waals surface area contributed by atoms with Gasteiger partial charge in [-0.1, -0.05) is 87.4 Å². The number of carbonyl (C=O) groups excluding carboxylic acids is 1. The van der Waals surface area contributed by atoms with Crippen LogP contribution in [0.2, 0.25) is 0 Å². The number of carboxylic acids is 1. The molecule has 5 nitrogen and oxygen atoms in total. The van der Waals surface area contributed by atoms with E-state index in [9.17, 15) is 14.7 Å². The number of ether oxygens (including phenoxy) is 1. The van der Waals surface area contributed by atoms with Crippen molar-refractivity contribution in [2.75, 3.05) is 6.61 Å². The largest absolute Gasteiger partial charge is 0.492 e.